The van der Waals surface area contributed by atoms with Crippen LogP contribution in [0.1, 0.15) is 42.2 Å². The number of nitrogens with one attached hydrogen (secondary N) is 1. The van der Waals surface area contributed by atoms with Crippen LogP contribution >= 0.6 is 22.9 Å². The summed E-state index contributed by atoms with van der Waals surface area (Å²) >= 11 is 7.66. The highest BCUT2D eigenvalue weighted by molar-refractivity contribution is 7.16. The Kier molecular flexibility index (Phi) is 3.92. The molecule has 1 saturated carbocycles. The zero-order valence-corrected chi connectivity index (χ0v) is 12.5. The molecule has 3 rings (SSSR count). The van der Waals surface area contributed by atoms with Gasteiger partial charge in [0.2, 0.25) is 0 Å². The Balaban J connectivity index is 1.52. The van der Waals surface area contributed by atoms with E-state index >= 15 is 0 Å². The van der Waals surface area contributed by atoms with Crippen LogP contribution in [0.15, 0.2) is 42.5 Å². The second-order valence-corrected chi connectivity index (χ2v) is 7.05. The molecule has 1 fully saturated rings. The molecule has 100 valence electrons. The lowest BCUT2D eigenvalue weighted by Crippen LogP contribution is -2.41. The fourth-order valence-corrected chi connectivity index (χ4v) is 3.82. The third-order valence-corrected chi connectivity index (χ3v) is 5.33. The Morgan fingerprint density at radius 3 is 2.53 bits per heavy atom. The molecule has 0 amide bonds. The fourth-order valence-electron chi connectivity index (χ4n) is 2.75. The molecule has 1 unspecified atom stereocenters. The molecule has 1 aliphatic rings. The summed E-state index contributed by atoms with van der Waals surface area (Å²) in [6, 6.07) is 16.0. The van der Waals surface area contributed by atoms with Crippen molar-refractivity contribution in [3.05, 3.63) is 57.2 Å². The lowest BCUT2D eigenvalue weighted by molar-refractivity contribution is 0.272. The monoisotopic (exact) mass is 291 g/mol. The molecule has 1 nitrogen and oxygen atoms in total. The first-order valence-electron chi connectivity index (χ1n) is 6.78. The molecule has 1 aromatic carbocycles. The number of hydrogen-bond donors (Lipinski definition) is 1. The van der Waals surface area contributed by atoms with Gasteiger partial charge in [-0.3, -0.25) is 0 Å². The smallest absolute Gasteiger partial charge is 0.0931 e. The number of hydrogen-bond acceptors (Lipinski definition) is 2. The third kappa shape index (κ3) is 3.02. The summed E-state index contributed by atoms with van der Waals surface area (Å²) in [6.07, 6.45) is 2.49. The largest absolute Gasteiger partial charge is 0.307 e. The van der Waals surface area contributed by atoms with Crippen LogP contribution < -0.4 is 5.32 Å². The average Bonchev–Trinajstić information content (AvgIpc) is 2.81. The van der Waals surface area contributed by atoms with Crippen LogP contribution in [0.2, 0.25) is 4.34 Å². The Morgan fingerprint density at radius 1 is 1.16 bits per heavy atom. The zero-order valence-electron chi connectivity index (χ0n) is 11.0. The van der Waals surface area contributed by atoms with Crippen LogP contribution in [0, 0.1) is 0 Å². The fraction of sp³-hybridized carbons (Fsp3) is 0.375. The van der Waals surface area contributed by atoms with E-state index in [9.17, 15) is 0 Å². The first-order valence-corrected chi connectivity index (χ1v) is 7.98. The summed E-state index contributed by atoms with van der Waals surface area (Å²) < 4.78 is 0.874. The summed E-state index contributed by atoms with van der Waals surface area (Å²) in [6.45, 7) is 2.22. The molecule has 0 saturated heterocycles. The molecular formula is C16H18ClNS. The Morgan fingerprint density at radius 2 is 1.89 bits per heavy atom. The summed E-state index contributed by atoms with van der Waals surface area (Å²) in [4.78, 5) is 1.33. The van der Waals surface area contributed by atoms with Crippen molar-refractivity contribution >= 4 is 22.9 Å². The normalized spacial score (nSPS) is 23.9. The van der Waals surface area contributed by atoms with E-state index in [2.05, 4.69) is 48.6 Å². The number of rotatable bonds is 4. The van der Waals surface area contributed by atoms with Crippen molar-refractivity contribution in [1.29, 1.82) is 0 Å². The first-order chi connectivity index (χ1) is 9.22. The van der Waals surface area contributed by atoms with Crippen LogP contribution in [-0.4, -0.2) is 6.04 Å². The summed E-state index contributed by atoms with van der Waals surface area (Å²) in [5, 5.41) is 3.70. The van der Waals surface area contributed by atoms with Gasteiger partial charge in [-0.15, -0.1) is 11.3 Å². The van der Waals surface area contributed by atoms with E-state index in [4.69, 9.17) is 11.6 Å². The van der Waals surface area contributed by atoms with E-state index in [1.54, 1.807) is 11.3 Å². The minimum atomic E-state index is 0.402. The first kappa shape index (κ1) is 13.2. The lowest BCUT2D eigenvalue weighted by atomic mass is 9.75. The second-order valence-electron chi connectivity index (χ2n) is 5.31. The maximum absolute atomic E-state index is 5.98. The molecule has 3 heteroatoms. The molecule has 1 aromatic heterocycles. The Hall–Kier alpha value is -0.830. The van der Waals surface area contributed by atoms with Gasteiger partial charge in [-0.2, -0.15) is 0 Å². The third-order valence-electron chi connectivity index (χ3n) is 3.92. The summed E-state index contributed by atoms with van der Waals surface area (Å²) in [5.41, 5.74) is 1.48. The van der Waals surface area contributed by atoms with Gasteiger partial charge in [0.1, 0.15) is 0 Å². The van der Waals surface area contributed by atoms with Crippen molar-refractivity contribution < 1.29 is 0 Å². The second kappa shape index (κ2) is 5.66. The van der Waals surface area contributed by atoms with Gasteiger partial charge in [0.05, 0.1) is 4.34 Å². The SMILES string of the molecule is CC(NC1CC(c2ccccc2)C1)c1ccc(Cl)s1. The zero-order chi connectivity index (χ0) is 13.2. The number of halogens is 1. The van der Waals surface area contributed by atoms with Crippen molar-refractivity contribution in [2.24, 2.45) is 0 Å². The van der Waals surface area contributed by atoms with E-state index in [0.717, 1.165) is 10.3 Å². The summed E-state index contributed by atoms with van der Waals surface area (Å²) in [7, 11) is 0. The molecule has 0 bridgehead atoms. The average molecular weight is 292 g/mol. The molecule has 0 radical (unpaired) electrons. The molecule has 1 N–H and O–H groups in total. The van der Waals surface area contributed by atoms with Gasteiger partial charge < -0.3 is 5.32 Å². The van der Waals surface area contributed by atoms with Crippen molar-refractivity contribution in [3.63, 3.8) is 0 Å². The maximum atomic E-state index is 5.98. The minimum Gasteiger partial charge on any atom is -0.307 e. The quantitative estimate of drug-likeness (QED) is 0.836. The number of thiophene rings is 1. The van der Waals surface area contributed by atoms with Gasteiger partial charge in [-0.25, -0.2) is 0 Å². The van der Waals surface area contributed by atoms with Crippen LogP contribution in [0.25, 0.3) is 0 Å². The molecular weight excluding hydrogens is 274 g/mol. The van der Waals surface area contributed by atoms with Crippen LogP contribution in [0.4, 0.5) is 0 Å². The standard InChI is InChI=1S/C16H18ClNS/c1-11(15-7-8-16(17)19-15)18-14-9-13(10-14)12-5-3-2-4-6-12/h2-8,11,13-14,18H,9-10H2,1H3. The highest BCUT2D eigenvalue weighted by Gasteiger charge is 2.31. The predicted molar refractivity (Wildman–Crippen MR) is 83.1 cm³/mol. The van der Waals surface area contributed by atoms with Crippen LogP contribution in [-0.2, 0) is 0 Å². The van der Waals surface area contributed by atoms with Crippen molar-refractivity contribution in [1.82, 2.24) is 5.32 Å². The highest BCUT2D eigenvalue weighted by Crippen LogP contribution is 2.38. The van der Waals surface area contributed by atoms with E-state index in [1.165, 1.54) is 23.3 Å². The molecule has 0 spiro atoms. The van der Waals surface area contributed by atoms with Crippen LogP contribution in [0.5, 0.6) is 0 Å². The summed E-state index contributed by atoms with van der Waals surface area (Å²) in [5.74, 6) is 0.734. The highest BCUT2D eigenvalue weighted by atomic mass is 35.5. The van der Waals surface area contributed by atoms with Gasteiger partial charge in [0, 0.05) is 17.0 Å². The topological polar surface area (TPSA) is 12.0 Å². The van der Waals surface area contributed by atoms with Gasteiger partial charge in [-0.1, -0.05) is 41.9 Å². The van der Waals surface area contributed by atoms with E-state index in [1.807, 2.05) is 6.07 Å². The Bertz CT molecular complexity index is 531. The van der Waals surface area contributed by atoms with E-state index in [-0.39, 0.29) is 0 Å². The van der Waals surface area contributed by atoms with Crippen molar-refractivity contribution in [2.75, 3.05) is 0 Å². The molecule has 1 aliphatic carbocycles. The minimum absolute atomic E-state index is 0.402. The molecule has 19 heavy (non-hydrogen) atoms. The van der Waals surface area contributed by atoms with Gasteiger partial charge in [-0.05, 0) is 43.4 Å². The van der Waals surface area contributed by atoms with Crippen molar-refractivity contribution in [3.8, 4) is 0 Å². The van der Waals surface area contributed by atoms with Crippen LogP contribution in [0.3, 0.4) is 0 Å². The molecule has 0 aliphatic heterocycles. The molecule has 1 atom stereocenters. The lowest BCUT2D eigenvalue weighted by Gasteiger charge is -2.38. The van der Waals surface area contributed by atoms with Gasteiger partial charge in [0.15, 0.2) is 0 Å². The molecule has 1 heterocycles. The predicted octanol–water partition coefficient (Wildman–Crippen LogP) is 5.00. The van der Waals surface area contributed by atoms with Crippen molar-refractivity contribution in [2.45, 2.75) is 37.8 Å². The van der Waals surface area contributed by atoms with Gasteiger partial charge in [0.25, 0.3) is 0 Å². The maximum Gasteiger partial charge on any atom is 0.0931 e. The van der Waals surface area contributed by atoms with E-state index in [0.29, 0.717) is 12.1 Å². The molecule has 2 aromatic rings. The van der Waals surface area contributed by atoms with Gasteiger partial charge >= 0.3 is 0 Å². The number of benzene rings is 1. The Labute approximate surface area is 123 Å². The van der Waals surface area contributed by atoms with E-state index < -0.39 is 0 Å².